The highest BCUT2D eigenvalue weighted by molar-refractivity contribution is 8.01. The van der Waals surface area contributed by atoms with Crippen molar-refractivity contribution in [3.63, 3.8) is 0 Å². The molecule has 0 bridgehead atoms. The van der Waals surface area contributed by atoms with Crippen molar-refractivity contribution in [1.82, 2.24) is 4.98 Å². The van der Waals surface area contributed by atoms with Crippen LogP contribution in [0.3, 0.4) is 0 Å². The Morgan fingerprint density at radius 3 is 2.57 bits per heavy atom. The van der Waals surface area contributed by atoms with Gasteiger partial charge in [0.1, 0.15) is 5.75 Å². The van der Waals surface area contributed by atoms with E-state index in [4.69, 9.17) is 4.74 Å². The van der Waals surface area contributed by atoms with Gasteiger partial charge in [0, 0.05) is 10.5 Å². The lowest BCUT2D eigenvalue weighted by Gasteiger charge is -2.14. The molecule has 0 unspecified atom stereocenters. The van der Waals surface area contributed by atoms with E-state index >= 15 is 0 Å². The van der Waals surface area contributed by atoms with E-state index in [1.165, 1.54) is 4.70 Å². The Labute approximate surface area is 171 Å². The van der Waals surface area contributed by atoms with Crippen LogP contribution in [0.5, 0.6) is 5.75 Å². The topological polar surface area (TPSA) is 51.2 Å². The summed E-state index contributed by atoms with van der Waals surface area (Å²) in [5.74, 6) is 0.461. The molecule has 140 valence electrons. The Hall–Kier alpha value is -2.83. The minimum atomic E-state index is -0.162. The molecule has 28 heavy (non-hydrogen) atoms. The Bertz CT molecular complexity index is 1110. The first-order valence-corrected chi connectivity index (χ1v) is 10.4. The van der Waals surface area contributed by atoms with Crippen molar-refractivity contribution in [3.8, 4) is 5.75 Å². The summed E-state index contributed by atoms with van der Waals surface area (Å²) in [5.41, 5.74) is 3.32. The molecule has 4 rings (SSSR count). The fraction of sp³-hybridized carbons (Fsp3) is 0.0909. The highest BCUT2D eigenvalue weighted by Crippen LogP contribution is 2.39. The number of anilines is 1. The molecule has 1 aromatic heterocycles. The van der Waals surface area contributed by atoms with E-state index in [2.05, 4.69) is 16.4 Å². The van der Waals surface area contributed by atoms with Crippen LogP contribution < -0.4 is 10.1 Å². The van der Waals surface area contributed by atoms with E-state index in [1.807, 2.05) is 55.5 Å². The van der Waals surface area contributed by atoms with E-state index in [0.717, 1.165) is 20.3 Å². The Balaban J connectivity index is 1.60. The van der Waals surface area contributed by atoms with Crippen molar-refractivity contribution < 1.29 is 9.53 Å². The van der Waals surface area contributed by atoms with Crippen LogP contribution >= 0.6 is 23.1 Å². The third-order valence-corrected chi connectivity index (χ3v) is 6.51. The molecule has 0 aliphatic rings. The summed E-state index contributed by atoms with van der Waals surface area (Å²) in [7, 11) is 1.61. The number of carbonyl (C=O) groups is 1. The molecule has 0 aliphatic heterocycles. The van der Waals surface area contributed by atoms with Gasteiger partial charge in [-0.05, 0) is 48.9 Å². The number of ether oxygens (including phenoxy) is 1. The zero-order valence-corrected chi connectivity index (χ0v) is 17.1. The number of rotatable bonds is 5. The van der Waals surface area contributed by atoms with E-state index in [0.29, 0.717) is 17.0 Å². The van der Waals surface area contributed by atoms with Gasteiger partial charge < -0.3 is 10.1 Å². The van der Waals surface area contributed by atoms with Gasteiger partial charge in [-0.15, -0.1) is 11.3 Å². The number of para-hydroxylation sites is 1. The first-order valence-electron chi connectivity index (χ1n) is 8.72. The fourth-order valence-corrected chi connectivity index (χ4v) is 4.94. The van der Waals surface area contributed by atoms with Gasteiger partial charge in [-0.25, -0.2) is 4.98 Å². The number of hydrogen-bond donors (Lipinski definition) is 1. The molecule has 6 heteroatoms. The maximum atomic E-state index is 12.5. The monoisotopic (exact) mass is 406 g/mol. The number of aryl methyl sites for hydroxylation is 1. The predicted molar refractivity (Wildman–Crippen MR) is 116 cm³/mol. The molecule has 0 aliphatic carbocycles. The Morgan fingerprint density at radius 1 is 1.07 bits per heavy atom. The van der Waals surface area contributed by atoms with Gasteiger partial charge in [-0.1, -0.05) is 42.1 Å². The zero-order chi connectivity index (χ0) is 19.5. The molecular formula is C22H18N2O2S2. The second-order valence-electron chi connectivity index (χ2n) is 6.19. The van der Waals surface area contributed by atoms with Crippen LogP contribution in [-0.4, -0.2) is 18.0 Å². The molecule has 3 aromatic carbocycles. The number of nitrogens with zero attached hydrogens (tertiary/aromatic N) is 1. The Morgan fingerprint density at radius 2 is 1.82 bits per heavy atom. The van der Waals surface area contributed by atoms with Gasteiger partial charge in [-0.3, -0.25) is 4.79 Å². The van der Waals surface area contributed by atoms with Crippen LogP contribution in [-0.2, 0) is 0 Å². The molecule has 0 saturated heterocycles. The molecule has 1 heterocycles. The Kier molecular flexibility index (Phi) is 5.32. The first kappa shape index (κ1) is 18.5. The molecule has 0 atom stereocenters. The van der Waals surface area contributed by atoms with Crippen LogP contribution in [0.15, 0.2) is 76.0 Å². The summed E-state index contributed by atoms with van der Waals surface area (Å²) in [4.78, 5) is 18.2. The van der Waals surface area contributed by atoms with Crippen LogP contribution in [0, 0.1) is 6.92 Å². The van der Waals surface area contributed by atoms with Crippen molar-refractivity contribution in [2.45, 2.75) is 16.2 Å². The highest BCUT2D eigenvalue weighted by atomic mass is 32.2. The van der Waals surface area contributed by atoms with E-state index < -0.39 is 0 Å². The average Bonchev–Trinajstić information content (AvgIpc) is 3.13. The number of thiazole rings is 1. The summed E-state index contributed by atoms with van der Waals surface area (Å²) >= 11 is 3.28. The van der Waals surface area contributed by atoms with Crippen molar-refractivity contribution in [3.05, 3.63) is 77.9 Å². The lowest BCUT2D eigenvalue weighted by Crippen LogP contribution is -2.12. The van der Waals surface area contributed by atoms with Crippen LogP contribution in [0.2, 0.25) is 0 Å². The number of methoxy groups -OCH3 is 1. The number of aromatic nitrogens is 1. The molecular weight excluding hydrogens is 388 g/mol. The number of fused-ring (bicyclic) bond motifs is 1. The highest BCUT2D eigenvalue weighted by Gasteiger charge is 2.14. The van der Waals surface area contributed by atoms with E-state index in [1.54, 1.807) is 42.3 Å². The number of amides is 1. The number of benzene rings is 3. The second kappa shape index (κ2) is 8.04. The molecule has 0 saturated carbocycles. The van der Waals surface area contributed by atoms with Crippen molar-refractivity contribution in [2.75, 3.05) is 12.4 Å². The summed E-state index contributed by atoms with van der Waals surface area (Å²) in [6.07, 6.45) is 0. The molecule has 0 radical (unpaired) electrons. The number of carbonyl (C=O) groups excluding carboxylic acids is 1. The second-order valence-corrected chi connectivity index (χ2v) is 8.51. The van der Waals surface area contributed by atoms with Crippen LogP contribution in [0.4, 0.5) is 5.69 Å². The minimum absolute atomic E-state index is 0.162. The van der Waals surface area contributed by atoms with Gasteiger partial charge in [0.15, 0.2) is 4.34 Å². The summed E-state index contributed by atoms with van der Waals surface area (Å²) < 4.78 is 7.68. The quantitative estimate of drug-likeness (QED) is 0.440. The smallest absolute Gasteiger partial charge is 0.255 e. The van der Waals surface area contributed by atoms with E-state index in [9.17, 15) is 4.79 Å². The summed E-state index contributed by atoms with van der Waals surface area (Å²) in [6, 6.07) is 21.1. The molecule has 0 fully saturated rings. The third-order valence-electron chi connectivity index (χ3n) is 4.25. The van der Waals surface area contributed by atoms with Crippen molar-refractivity contribution in [1.29, 1.82) is 0 Å². The van der Waals surface area contributed by atoms with Crippen LogP contribution in [0.25, 0.3) is 10.2 Å². The van der Waals surface area contributed by atoms with E-state index in [-0.39, 0.29) is 5.91 Å². The largest absolute Gasteiger partial charge is 0.495 e. The van der Waals surface area contributed by atoms with Crippen LogP contribution in [0.1, 0.15) is 15.9 Å². The SMILES string of the molecule is COc1cc(Sc2nc3ccccc3s2)c(C)cc1NC(=O)c1ccccc1. The maximum Gasteiger partial charge on any atom is 0.255 e. The van der Waals surface area contributed by atoms with Gasteiger partial charge in [0.2, 0.25) is 0 Å². The summed E-state index contributed by atoms with van der Waals surface area (Å²) in [6.45, 7) is 2.02. The van der Waals surface area contributed by atoms with Gasteiger partial charge in [-0.2, -0.15) is 0 Å². The maximum absolute atomic E-state index is 12.5. The molecule has 1 N–H and O–H groups in total. The molecule has 1 amide bonds. The zero-order valence-electron chi connectivity index (χ0n) is 15.4. The predicted octanol–water partition coefficient (Wildman–Crippen LogP) is 6.02. The first-order chi connectivity index (χ1) is 13.6. The normalized spacial score (nSPS) is 10.8. The lowest BCUT2D eigenvalue weighted by atomic mass is 10.1. The standard InChI is InChI=1S/C22H18N2O2S2/c1-14-12-17(23-21(25)15-8-4-3-5-9-15)18(26-2)13-20(14)28-22-24-16-10-6-7-11-19(16)27-22/h3-13H,1-2H3,(H,23,25). The molecule has 4 aromatic rings. The molecule has 0 spiro atoms. The van der Waals surface area contributed by atoms with Crippen molar-refractivity contribution in [2.24, 2.45) is 0 Å². The van der Waals surface area contributed by atoms with Crippen molar-refractivity contribution >= 4 is 44.9 Å². The average molecular weight is 407 g/mol. The fourth-order valence-electron chi connectivity index (χ4n) is 2.82. The summed E-state index contributed by atoms with van der Waals surface area (Å²) in [5, 5.41) is 2.94. The van der Waals surface area contributed by atoms with Gasteiger partial charge in [0.25, 0.3) is 5.91 Å². The number of hydrogen-bond acceptors (Lipinski definition) is 5. The third kappa shape index (κ3) is 3.88. The minimum Gasteiger partial charge on any atom is -0.495 e. The number of nitrogens with one attached hydrogen (secondary N) is 1. The van der Waals surface area contributed by atoms with Gasteiger partial charge >= 0.3 is 0 Å². The van der Waals surface area contributed by atoms with Gasteiger partial charge in [0.05, 0.1) is 23.0 Å². The molecule has 4 nitrogen and oxygen atoms in total. The lowest BCUT2D eigenvalue weighted by molar-refractivity contribution is 0.102.